The van der Waals surface area contributed by atoms with E-state index in [0.717, 1.165) is 25.6 Å². The molecule has 116 valence electrons. The van der Waals surface area contributed by atoms with Crippen molar-refractivity contribution in [2.75, 3.05) is 26.2 Å². The second-order valence-electron chi connectivity index (χ2n) is 8.09. The van der Waals surface area contributed by atoms with Gasteiger partial charge in [0.1, 0.15) is 0 Å². The Hall–Kier alpha value is -0.120. The van der Waals surface area contributed by atoms with Crippen LogP contribution in [0.2, 0.25) is 0 Å². The molecule has 3 rings (SSSR count). The van der Waals surface area contributed by atoms with Gasteiger partial charge in [-0.1, -0.05) is 20.8 Å². The van der Waals surface area contributed by atoms with Gasteiger partial charge in [0.15, 0.2) is 0 Å². The minimum atomic E-state index is -0.320. The Morgan fingerprint density at radius 2 is 1.95 bits per heavy atom. The van der Waals surface area contributed by atoms with Gasteiger partial charge < -0.3 is 14.7 Å². The first kappa shape index (κ1) is 14.8. The number of aliphatic hydroxyl groups is 1. The van der Waals surface area contributed by atoms with E-state index in [0.29, 0.717) is 23.5 Å². The van der Waals surface area contributed by atoms with Crippen molar-refractivity contribution < 1.29 is 9.84 Å². The fourth-order valence-corrected chi connectivity index (χ4v) is 4.93. The molecule has 0 spiro atoms. The standard InChI is InChI=1S/C17H31NO2/c1-16(2)13-6-7-17(16,3)15(10-13)20-12-14(19)11-18-8-4-5-9-18/h13-15,19H,4-12H2,1-3H3/t13-,14+,15+,17+/m0/s1. The molecule has 0 aromatic heterocycles. The van der Waals surface area contributed by atoms with E-state index >= 15 is 0 Å². The Kier molecular flexibility index (Phi) is 3.89. The summed E-state index contributed by atoms with van der Waals surface area (Å²) in [6, 6.07) is 0. The lowest BCUT2D eigenvalue weighted by Gasteiger charge is -2.39. The molecule has 1 heterocycles. The summed E-state index contributed by atoms with van der Waals surface area (Å²) in [7, 11) is 0. The number of hydrogen-bond donors (Lipinski definition) is 1. The lowest BCUT2D eigenvalue weighted by Crippen LogP contribution is -2.40. The normalized spacial score (nSPS) is 41.4. The number of aliphatic hydroxyl groups excluding tert-OH is 1. The molecular formula is C17H31NO2. The van der Waals surface area contributed by atoms with Gasteiger partial charge in [0.05, 0.1) is 18.8 Å². The third kappa shape index (κ3) is 2.32. The molecule has 3 nitrogen and oxygen atoms in total. The van der Waals surface area contributed by atoms with Crippen LogP contribution in [0.25, 0.3) is 0 Å². The molecule has 0 radical (unpaired) electrons. The maximum Gasteiger partial charge on any atom is 0.0900 e. The molecule has 1 aliphatic heterocycles. The molecule has 20 heavy (non-hydrogen) atoms. The number of ether oxygens (including phenoxy) is 1. The zero-order valence-corrected chi connectivity index (χ0v) is 13.4. The third-order valence-corrected chi connectivity index (χ3v) is 6.87. The number of hydrogen-bond acceptors (Lipinski definition) is 3. The quantitative estimate of drug-likeness (QED) is 0.841. The van der Waals surface area contributed by atoms with Crippen molar-refractivity contribution in [3.8, 4) is 0 Å². The SMILES string of the molecule is CC1(C)[C@H]2CC[C@]1(C)[C@H](OC[C@H](O)CN1CCCC1)C2. The molecule has 2 aliphatic carbocycles. The van der Waals surface area contributed by atoms with Gasteiger partial charge in [-0.25, -0.2) is 0 Å². The lowest BCUT2D eigenvalue weighted by atomic mass is 9.70. The van der Waals surface area contributed by atoms with Crippen molar-refractivity contribution in [3.05, 3.63) is 0 Å². The van der Waals surface area contributed by atoms with E-state index < -0.39 is 0 Å². The molecule has 0 aromatic carbocycles. The van der Waals surface area contributed by atoms with Crippen LogP contribution in [0.3, 0.4) is 0 Å². The van der Waals surface area contributed by atoms with Crippen molar-refractivity contribution in [2.24, 2.45) is 16.7 Å². The van der Waals surface area contributed by atoms with Crippen LogP contribution < -0.4 is 0 Å². The molecule has 3 aliphatic rings. The van der Waals surface area contributed by atoms with E-state index in [9.17, 15) is 5.11 Å². The van der Waals surface area contributed by atoms with Gasteiger partial charge in [-0.15, -0.1) is 0 Å². The number of fused-ring (bicyclic) bond motifs is 2. The van der Waals surface area contributed by atoms with Gasteiger partial charge in [0, 0.05) is 6.54 Å². The largest absolute Gasteiger partial charge is 0.389 e. The zero-order valence-electron chi connectivity index (χ0n) is 13.4. The molecule has 3 heteroatoms. The van der Waals surface area contributed by atoms with Crippen molar-refractivity contribution in [1.82, 2.24) is 4.90 Å². The zero-order chi connectivity index (χ0) is 14.4. The van der Waals surface area contributed by atoms with Gasteiger partial charge in [0.2, 0.25) is 0 Å². The topological polar surface area (TPSA) is 32.7 Å². The van der Waals surface area contributed by atoms with Crippen molar-refractivity contribution in [3.63, 3.8) is 0 Å². The molecule has 1 N–H and O–H groups in total. The predicted molar refractivity (Wildman–Crippen MR) is 80.6 cm³/mol. The maximum atomic E-state index is 10.2. The molecule has 3 fully saturated rings. The first-order valence-corrected chi connectivity index (χ1v) is 8.45. The highest BCUT2D eigenvalue weighted by Crippen LogP contribution is 2.66. The highest BCUT2D eigenvalue weighted by Gasteiger charge is 2.61. The highest BCUT2D eigenvalue weighted by atomic mass is 16.5. The highest BCUT2D eigenvalue weighted by molar-refractivity contribution is 5.11. The Morgan fingerprint density at radius 1 is 1.25 bits per heavy atom. The Labute approximate surface area is 123 Å². The molecule has 2 bridgehead atoms. The molecule has 0 amide bonds. The molecule has 1 saturated heterocycles. The summed E-state index contributed by atoms with van der Waals surface area (Å²) in [5, 5.41) is 10.2. The number of rotatable bonds is 5. The second kappa shape index (κ2) is 5.26. The Morgan fingerprint density at radius 3 is 2.50 bits per heavy atom. The van der Waals surface area contributed by atoms with Gasteiger partial charge in [0.25, 0.3) is 0 Å². The summed E-state index contributed by atoms with van der Waals surface area (Å²) in [6.07, 6.45) is 6.44. The maximum absolute atomic E-state index is 10.2. The Bertz CT molecular complexity index is 351. The van der Waals surface area contributed by atoms with E-state index in [1.807, 2.05) is 0 Å². The molecule has 4 atom stereocenters. The molecule has 0 aromatic rings. The van der Waals surface area contributed by atoms with E-state index in [-0.39, 0.29) is 6.10 Å². The number of nitrogens with zero attached hydrogens (tertiary/aromatic N) is 1. The summed E-state index contributed by atoms with van der Waals surface area (Å²) >= 11 is 0. The number of likely N-dealkylation sites (tertiary alicyclic amines) is 1. The predicted octanol–water partition coefficient (Wildman–Crippen LogP) is 2.67. The molecule has 0 unspecified atom stereocenters. The number of β-amino-alcohol motifs (C(OH)–C–C–N with tert-alkyl or cyclic N) is 1. The summed E-state index contributed by atoms with van der Waals surface area (Å²) in [5.74, 6) is 0.813. The van der Waals surface area contributed by atoms with Gasteiger partial charge in [-0.05, 0) is 61.9 Å². The minimum absolute atomic E-state index is 0.311. The van der Waals surface area contributed by atoms with E-state index in [1.165, 1.54) is 32.1 Å². The van der Waals surface area contributed by atoms with E-state index in [2.05, 4.69) is 25.7 Å². The average molecular weight is 281 g/mol. The smallest absolute Gasteiger partial charge is 0.0900 e. The Balaban J connectivity index is 1.49. The molecule has 2 saturated carbocycles. The van der Waals surface area contributed by atoms with Crippen molar-refractivity contribution in [2.45, 2.75) is 65.1 Å². The lowest BCUT2D eigenvalue weighted by molar-refractivity contribution is -0.0785. The first-order valence-electron chi connectivity index (χ1n) is 8.45. The van der Waals surface area contributed by atoms with Crippen LogP contribution in [0, 0.1) is 16.7 Å². The van der Waals surface area contributed by atoms with Crippen LogP contribution in [0.5, 0.6) is 0 Å². The molecular weight excluding hydrogens is 250 g/mol. The fourth-order valence-electron chi connectivity index (χ4n) is 4.93. The van der Waals surface area contributed by atoms with Crippen molar-refractivity contribution >= 4 is 0 Å². The van der Waals surface area contributed by atoms with E-state index in [1.54, 1.807) is 0 Å². The van der Waals surface area contributed by atoms with Crippen LogP contribution >= 0.6 is 0 Å². The van der Waals surface area contributed by atoms with Crippen LogP contribution in [0.15, 0.2) is 0 Å². The first-order chi connectivity index (χ1) is 9.43. The third-order valence-electron chi connectivity index (χ3n) is 6.87. The summed E-state index contributed by atoms with van der Waals surface area (Å²) in [6.45, 7) is 10.8. The fraction of sp³-hybridized carbons (Fsp3) is 1.00. The monoisotopic (exact) mass is 281 g/mol. The van der Waals surface area contributed by atoms with Crippen molar-refractivity contribution in [1.29, 1.82) is 0 Å². The van der Waals surface area contributed by atoms with Gasteiger partial charge in [-0.3, -0.25) is 0 Å². The minimum Gasteiger partial charge on any atom is -0.389 e. The summed E-state index contributed by atoms with van der Waals surface area (Å²) in [4.78, 5) is 2.36. The van der Waals surface area contributed by atoms with Crippen LogP contribution in [0.1, 0.15) is 52.9 Å². The van der Waals surface area contributed by atoms with E-state index in [4.69, 9.17) is 4.74 Å². The average Bonchev–Trinajstić information content (AvgIpc) is 3.01. The van der Waals surface area contributed by atoms with Crippen LogP contribution in [-0.2, 0) is 4.74 Å². The van der Waals surface area contributed by atoms with Gasteiger partial charge in [-0.2, -0.15) is 0 Å². The summed E-state index contributed by atoms with van der Waals surface area (Å²) in [5.41, 5.74) is 0.711. The van der Waals surface area contributed by atoms with Crippen LogP contribution in [0.4, 0.5) is 0 Å². The van der Waals surface area contributed by atoms with Gasteiger partial charge >= 0.3 is 0 Å². The summed E-state index contributed by atoms with van der Waals surface area (Å²) < 4.78 is 6.17. The second-order valence-corrected chi connectivity index (χ2v) is 8.09. The van der Waals surface area contributed by atoms with Crippen LogP contribution in [-0.4, -0.2) is 48.5 Å².